The number of halogens is 1. The fourth-order valence-corrected chi connectivity index (χ4v) is 1.91. The fraction of sp³-hybridized carbons (Fsp3) is 0.143. The first kappa shape index (κ1) is 14.3. The predicted molar refractivity (Wildman–Crippen MR) is 82.0 cm³/mol. The number of nitrogens with two attached hydrogens (primary N) is 1. The number of carbonyl (C=O) groups is 1. The lowest BCUT2D eigenvalue weighted by atomic mass is 10.1. The van der Waals surface area contributed by atoms with Crippen LogP contribution in [0.5, 0.6) is 5.75 Å². The Hall–Kier alpha value is -2.08. The van der Waals surface area contributed by atoms with Crippen LogP contribution in [-0.4, -0.2) is 18.0 Å². The third-order valence-electron chi connectivity index (χ3n) is 2.73. The Morgan fingerprint density at radius 3 is 2.75 bits per heavy atom. The summed E-state index contributed by atoms with van der Waals surface area (Å²) in [5.74, 6) is 0.613. The summed E-state index contributed by atoms with van der Waals surface area (Å²) < 4.78 is 6.05. The number of hydrogen-bond acceptors (Lipinski definition) is 4. The number of pyridine rings is 1. The molecule has 1 aromatic carbocycles. The molecule has 0 bridgehead atoms. The number of hydrogen-bond donors (Lipinski definition) is 2. The van der Waals surface area contributed by atoms with E-state index in [-0.39, 0.29) is 5.91 Å². The van der Waals surface area contributed by atoms with Crippen molar-refractivity contribution in [2.24, 2.45) is 0 Å². The zero-order valence-corrected chi connectivity index (χ0v) is 12.7. The Kier molecular flexibility index (Phi) is 4.24. The third-order valence-corrected chi connectivity index (χ3v) is 3.57. The number of ether oxygens (including phenoxy) is 1. The Balaban J connectivity index is 2.25. The van der Waals surface area contributed by atoms with Gasteiger partial charge in [-0.25, -0.2) is 4.98 Å². The van der Waals surface area contributed by atoms with Gasteiger partial charge in [0.15, 0.2) is 0 Å². The van der Waals surface area contributed by atoms with Gasteiger partial charge in [-0.05, 0) is 47.1 Å². The van der Waals surface area contributed by atoms with Crippen molar-refractivity contribution in [1.29, 1.82) is 0 Å². The molecule has 3 N–H and O–H groups in total. The van der Waals surface area contributed by atoms with Gasteiger partial charge in [-0.1, -0.05) is 0 Å². The highest BCUT2D eigenvalue weighted by Crippen LogP contribution is 2.23. The maximum Gasteiger partial charge on any atom is 0.260 e. The number of nitrogens with one attached hydrogen (secondary N) is 1. The fourth-order valence-electron chi connectivity index (χ4n) is 1.69. The molecule has 6 heteroatoms. The van der Waals surface area contributed by atoms with Gasteiger partial charge in [-0.3, -0.25) is 4.79 Å². The molecule has 0 saturated heterocycles. The van der Waals surface area contributed by atoms with Crippen molar-refractivity contribution in [1.82, 2.24) is 4.98 Å². The number of anilines is 2. The van der Waals surface area contributed by atoms with Crippen LogP contribution in [0.2, 0.25) is 0 Å². The molecule has 20 heavy (non-hydrogen) atoms. The van der Waals surface area contributed by atoms with Crippen molar-refractivity contribution in [3.8, 4) is 5.75 Å². The van der Waals surface area contributed by atoms with Gasteiger partial charge in [0.2, 0.25) is 0 Å². The molecule has 1 aromatic heterocycles. The Morgan fingerprint density at radius 2 is 2.10 bits per heavy atom. The van der Waals surface area contributed by atoms with Crippen LogP contribution in [-0.2, 0) is 0 Å². The number of rotatable bonds is 3. The van der Waals surface area contributed by atoms with Gasteiger partial charge in [0.05, 0.1) is 18.4 Å². The average Bonchev–Trinajstić information content (AvgIpc) is 2.42. The van der Waals surface area contributed by atoms with E-state index in [4.69, 9.17) is 10.5 Å². The molecule has 0 fully saturated rings. The number of nitrogens with zero attached hydrogens (tertiary/aromatic N) is 1. The van der Waals surface area contributed by atoms with E-state index < -0.39 is 0 Å². The number of benzene rings is 1. The van der Waals surface area contributed by atoms with Gasteiger partial charge in [-0.2, -0.15) is 0 Å². The van der Waals surface area contributed by atoms with Crippen molar-refractivity contribution in [2.75, 3.05) is 18.2 Å². The molecule has 2 rings (SSSR count). The predicted octanol–water partition coefficient (Wildman–Crippen LogP) is 3.00. The lowest BCUT2D eigenvalue weighted by Crippen LogP contribution is -2.14. The van der Waals surface area contributed by atoms with E-state index in [0.29, 0.717) is 22.8 Å². The van der Waals surface area contributed by atoms with Crippen molar-refractivity contribution >= 4 is 33.3 Å². The number of carbonyl (C=O) groups excluding carboxylic acids is 1. The monoisotopic (exact) mass is 335 g/mol. The van der Waals surface area contributed by atoms with Gasteiger partial charge in [0.25, 0.3) is 5.91 Å². The summed E-state index contributed by atoms with van der Waals surface area (Å²) in [5, 5.41) is 2.73. The molecule has 104 valence electrons. The zero-order chi connectivity index (χ0) is 14.7. The molecule has 0 unspecified atom stereocenters. The summed E-state index contributed by atoms with van der Waals surface area (Å²) in [6, 6.07) is 8.43. The standard InChI is InChI=1S/C14H14BrN3O2/c1-8-11(15)5-6-13(17-8)18-14(19)10-4-3-9(16)7-12(10)20-2/h3-7H,16H2,1-2H3,(H,17,18,19). The maximum atomic E-state index is 12.2. The topological polar surface area (TPSA) is 77.2 Å². The Labute approximate surface area is 125 Å². The summed E-state index contributed by atoms with van der Waals surface area (Å²) in [7, 11) is 1.49. The van der Waals surface area contributed by atoms with Crippen LogP contribution in [0.3, 0.4) is 0 Å². The van der Waals surface area contributed by atoms with Crippen molar-refractivity contribution in [3.63, 3.8) is 0 Å². The first-order valence-electron chi connectivity index (χ1n) is 5.89. The molecule has 0 atom stereocenters. The number of nitrogen functional groups attached to an aromatic ring is 1. The summed E-state index contributed by atoms with van der Waals surface area (Å²) in [5.41, 5.74) is 7.41. The molecular formula is C14H14BrN3O2. The third kappa shape index (κ3) is 3.08. The van der Waals surface area contributed by atoms with Gasteiger partial charge in [0.1, 0.15) is 11.6 Å². The van der Waals surface area contributed by atoms with E-state index in [0.717, 1.165) is 10.2 Å². The van der Waals surface area contributed by atoms with Crippen LogP contribution in [0.25, 0.3) is 0 Å². The summed E-state index contributed by atoms with van der Waals surface area (Å²) in [6.07, 6.45) is 0. The molecule has 0 aliphatic carbocycles. The first-order valence-corrected chi connectivity index (χ1v) is 6.68. The van der Waals surface area contributed by atoms with Gasteiger partial charge in [0, 0.05) is 16.2 Å². The van der Waals surface area contributed by atoms with Crippen molar-refractivity contribution in [3.05, 3.63) is 46.1 Å². The molecule has 2 aromatic rings. The normalized spacial score (nSPS) is 10.2. The summed E-state index contributed by atoms with van der Waals surface area (Å²) in [6.45, 7) is 1.85. The lowest BCUT2D eigenvalue weighted by molar-refractivity contribution is 0.102. The van der Waals surface area contributed by atoms with Crippen molar-refractivity contribution in [2.45, 2.75) is 6.92 Å². The Morgan fingerprint density at radius 1 is 1.35 bits per heavy atom. The lowest BCUT2D eigenvalue weighted by Gasteiger charge is -2.10. The van der Waals surface area contributed by atoms with E-state index >= 15 is 0 Å². The van der Waals surface area contributed by atoms with E-state index in [1.54, 1.807) is 24.3 Å². The molecular weight excluding hydrogens is 322 g/mol. The van der Waals surface area contributed by atoms with E-state index in [2.05, 4.69) is 26.2 Å². The van der Waals surface area contributed by atoms with Gasteiger partial charge >= 0.3 is 0 Å². The quantitative estimate of drug-likeness (QED) is 0.845. The largest absolute Gasteiger partial charge is 0.496 e. The smallest absolute Gasteiger partial charge is 0.260 e. The highest BCUT2D eigenvalue weighted by molar-refractivity contribution is 9.10. The van der Waals surface area contributed by atoms with Crippen LogP contribution >= 0.6 is 15.9 Å². The van der Waals surface area contributed by atoms with Gasteiger partial charge < -0.3 is 15.8 Å². The minimum atomic E-state index is -0.295. The second kappa shape index (κ2) is 5.92. The molecule has 0 saturated carbocycles. The number of aromatic nitrogens is 1. The first-order chi connectivity index (χ1) is 9.51. The Bertz CT molecular complexity index is 659. The number of methoxy groups -OCH3 is 1. The average molecular weight is 336 g/mol. The highest BCUT2D eigenvalue weighted by atomic mass is 79.9. The van der Waals surface area contributed by atoms with E-state index in [9.17, 15) is 4.79 Å². The van der Waals surface area contributed by atoms with Gasteiger partial charge in [-0.15, -0.1) is 0 Å². The summed E-state index contributed by atoms with van der Waals surface area (Å²) in [4.78, 5) is 16.5. The molecule has 0 radical (unpaired) electrons. The molecule has 5 nitrogen and oxygen atoms in total. The number of amides is 1. The zero-order valence-electron chi connectivity index (χ0n) is 11.1. The van der Waals surface area contributed by atoms with Crippen LogP contribution in [0.15, 0.2) is 34.8 Å². The second-order valence-corrected chi connectivity index (χ2v) is 5.03. The maximum absolute atomic E-state index is 12.2. The highest BCUT2D eigenvalue weighted by Gasteiger charge is 2.13. The molecule has 0 spiro atoms. The molecule has 1 heterocycles. The molecule has 0 aliphatic rings. The van der Waals surface area contributed by atoms with E-state index in [1.165, 1.54) is 7.11 Å². The minimum absolute atomic E-state index is 0.295. The molecule has 0 aliphatic heterocycles. The molecule has 1 amide bonds. The number of aryl methyl sites for hydroxylation is 1. The van der Waals surface area contributed by atoms with Crippen molar-refractivity contribution < 1.29 is 9.53 Å². The minimum Gasteiger partial charge on any atom is -0.496 e. The van der Waals surface area contributed by atoms with E-state index in [1.807, 2.05) is 13.0 Å². The van der Waals surface area contributed by atoms with Crippen LogP contribution in [0.1, 0.15) is 16.1 Å². The SMILES string of the molecule is COc1cc(N)ccc1C(=O)Nc1ccc(Br)c(C)n1. The van der Waals surface area contributed by atoms with Crippen LogP contribution < -0.4 is 15.8 Å². The van der Waals surface area contributed by atoms with Crippen LogP contribution in [0, 0.1) is 6.92 Å². The van der Waals surface area contributed by atoms with Crippen LogP contribution in [0.4, 0.5) is 11.5 Å². The summed E-state index contributed by atoms with van der Waals surface area (Å²) >= 11 is 3.36. The second-order valence-electron chi connectivity index (χ2n) is 4.18.